The van der Waals surface area contributed by atoms with E-state index in [1.165, 1.54) is 16.7 Å². The van der Waals surface area contributed by atoms with Crippen molar-refractivity contribution in [2.24, 2.45) is 0 Å². The molecule has 0 saturated carbocycles. The van der Waals surface area contributed by atoms with Crippen molar-refractivity contribution in [2.75, 3.05) is 13.2 Å². The fourth-order valence-electron chi connectivity index (χ4n) is 1.90. The Hall–Kier alpha value is -2.12. The largest absolute Gasteiger partial charge is 0.490 e. The van der Waals surface area contributed by atoms with Gasteiger partial charge in [0.25, 0.3) is 5.91 Å². The number of carboxylic acids is 1. The van der Waals surface area contributed by atoms with Gasteiger partial charge in [0.2, 0.25) is 0 Å². The molecule has 1 aromatic rings. The number of nitrogens with zero attached hydrogens (tertiary/aromatic N) is 1. The van der Waals surface area contributed by atoms with Gasteiger partial charge in [-0.3, -0.25) is 14.5 Å². The molecule has 1 N–H and O–H groups in total. The first-order valence-corrected chi connectivity index (χ1v) is 8.04. The number of carbonyl (C=O) groups is 2. The lowest BCUT2D eigenvalue weighted by Crippen LogP contribution is -2.30. The Bertz CT molecular complexity index is 684. The molecule has 0 unspecified atom stereocenters. The van der Waals surface area contributed by atoms with Gasteiger partial charge in [-0.2, -0.15) is 0 Å². The summed E-state index contributed by atoms with van der Waals surface area (Å²) in [7, 11) is 0. The van der Waals surface area contributed by atoms with Gasteiger partial charge < -0.3 is 9.84 Å². The topological polar surface area (TPSA) is 66.8 Å². The van der Waals surface area contributed by atoms with Crippen LogP contribution < -0.4 is 4.74 Å². The lowest BCUT2D eigenvalue weighted by Gasteiger charge is -2.12. The zero-order valence-corrected chi connectivity index (χ0v) is 13.9. The summed E-state index contributed by atoms with van der Waals surface area (Å²) in [5.41, 5.74) is 0.810. The first kappa shape index (κ1) is 17.2. The molecule has 7 heteroatoms. The van der Waals surface area contributed by atoms with Crippen LogP contribution in [0.4, 0.5) is 0 Å². The fourth-order valence-corrected chi connectivity index (χ4v) is 3.21. The first-order chi connectivity index (χ1) is 11.0. The smallest absolute Gasteiger partial charge is 0.305 e. The van der Waals surface area contributed by atoms with Crippen molar-refractivity contribution in [2.45, 2.75) is 6.42 Å². The molecule has 0 radical (unpaired) electrons. The van der Waals surface area contributed by atoms with Crippen LogP contribution in [-0.4, -0.2) is 39.4 Å². The Kier molecular flexibility index (Phi) is 5.95. The van der Waals surface area contributed by atoms with Gasteiger partial charge in [0.15, 0.2) is 0 Å². The van der Waals surface area contributed by atoms with Gasteiger partial charge in [-0.05, 0) is 23.8 Å². The summed E-state index contributed by atoms with van der Waals surface area (Å²) in [4.78, 5) is 24.7. The molecule has 0 atom stereocenters. The number of thioether (sulfide) groups is 1. The summed E-state index contributed by atoms with van der Waals surface area (Å²) < 4.78 is 5.83. The lowest BCUT2D eigenvalue weighted by molar-refractivity contribution is -0.137. The Morgan fingerprint density at radius 1 is 1.48 bits per heavy atom. The summed E-state index contributed by atoms with van der Waals surface area (Å²) in [6.07, 6.45) is 3.24. The highest BCUT2D eigenvalue weighted by Crippen LogP contribution is 2.33. The number of thiocarbonyl (C=S) groups is 1. The minimum Gasteiger partial charge on any atom is -0.490 e. The van der Waals surface area contributed by atoms with Crippen LogP contribution in [0.1, 0.15) is 12.0 Å². The number of amides is 1. The fraction of sp³-hybridized carbons (Fsp3) is 0.188. The summed E-state index contributed by atoms with van der Waals surface area (Å²) >= 11 is 6.32. The second kappa shape index (κ2) is 7.94. The molecule has 1 aliphatic heterocycles. The molecule has 1 aliphatic rings. The second-order valence-corrected chi connectivity index (χ2v) is 6.33. The van der Waals surface area contributed by atoms with Crippen LogP contribution in [0.25, 0.3) is 6.08 Å². The van der Waals surface area contributed by atoms with Crippen molar-refractivity contribution >= 4 is 46.3 Å². The number of ether oxygens (including phenoxy) is 1. The van der Waals surface area contributed by atoms with Gasteiger partial charge in [-0.1, -0.05) is 48.8 Å². The quantitative estimate of drug-likeness (QED) is 0.464. The first-order valence-electron chi connectivity index (χ1n) is 6.82. The number of benzene rings is 1. The van der Waals surface area contributed by atoms with Crippen molar-refractivity contribution in [3.63, 3.8) is 0 Å². The predicted octanol–water partition coefficient (Wildman–Crippen LogP) is 2.93. The molecule has 0 aliphatic carbocycles. The molecule has 0 aromatic heterocycles. The minimum absolute atomic E-state index is 0.0832. The number of aliphatic carboxylic acids is 1. The molecule has 1 saturated heterocycles. The van der Waals surface area contributed by atoms with Gasteiger partial charge >= 0.3 is 5.97 Å². The van der Waals surface area contributed by atoms with Crippen LogP contribution in [0.3, 0.4) is 0 Å². The molecule has 120 valence electrons. The van der Waals surface area contributed by atoms with Crippen molar-refractivity contribution in [1.29, 1.82) is 0 Å². The number of carboxylic acid groups (broad SMARTS) is 1. The Morgan fingerprint density at radius 2 is 2.26 bits per heavy atom. The highest BCUT2D eigenvalue weighted by Gasteiger charge is 2.31. The number of hydrogen-bond acceptors (Lipinski definition) is 5. The average molecular weight is 349 g/mol. The van der Waals surface area contributed by atoms with Crippen LogP contribution in [0, 0.1) is 0 Å². The Balaban J connectivity index is 2.13. The summed E-state index contributed by atoms with van der Waals surface area (Å²) in [5, 5.41) is 8.73. The van der Waals surface area contributed by atoms with E-state index in [-0.39, 0.29) is 18.9 Å². The molecule has 23 heavy (non-hydrogen) atoms. The molecule has 1 aromatic carbocycles. The van der Waals surface area contributed by atoms with Gasteiger partial charge in [-0.25, -0.2) is 0 Å². The SMILES string of the molecule is C=CCOc1cccc(/C=C2/SC(=S)N(CCC(=O)O)C2=O)c1. The van der Waals surface area contributed by atoms with Gasteiger partial charge in [-0.15, -0.1) is 0 Å². The third-order valence-electron chi connectivity index (χ3n) is 2.95. The van der Waals surface area contributed by atoms with E-state index in [0.29, 0.717) is 21.6 Å². The van der Waals surface area contributed by atoms with E-state index in [4.69, 9.17) is 22.1 Å². The van der Waals surface area contributed by atoms with Crippen LogP contribution in [0.2, 0.25) is 0 Å². The van der Waals surface area contributed by atoms with Gasteiger partial charge in [0.1, 0.15) is 16.7 Å². The van der Waals surface area contributed by atoms with E-state index in [1.54, 1.807) is 12.2 Å². The van der Waals surface area contributed by atoms with E-state index in [1.807, 2.05) is 24.3 Å². The molecule has 5 nitrogen and oxygen atoms in total. The highest BCUT2D eigenvalue weighted by atomic mass is 32.2. The van der Waals surface area contributed by atoms with Crippen LogP contribution in [0.5, 0.6) is 5.75 Å². The third kappa shape index (κ3) is 4.67. The van der Waals surface area contributed by atoms with Crippen molar-refractivity contribution in [1.82, 2.24) is 4.90 Å². The highest BCUT2D eigenvalue weighted by molar-refractivity contribution is 8.26. The third-order valence-corrected chi connectivity index (χ3v) is 4.32. The summed E-state index contributed by atoms with van der Waals surface area (Å²) in [5.74, 6) is -0.547. The minimum atomic E-state index is -0.963. The van der Waals surface area contributed by atoms with Crippen molar-refractivity contribution < 1.29 is 19.4 Å². The van der Waals surface area contributed by atoms with Crippen LogP contribution >= 0.6 is 24.0 Å². The Morgan fingerprint density at radius 3 is 2.96 bits per heavy atom. The van der Waals surface area contributed by atoms with Gasteiger partial charge in [0.05, 0.1) is 11.3 Å². The van der Waals surface area contributed by atoms with Crippen LogP contribution in [-0.2, 0) is 9.59 Å². The normalized spacial score (nSPS) is 16.0. The summed E-state index contributed by atoms with van der Waals surface area (Å²) in [6, 6.07) is 7.31. The van der Waals surface area contributed by atoms with Crippen molar-refractivity contribution in [3.05, 3.63) is 47.4 Å². The number of hydrogen-bond donors (Lipinski definition) is 1. The van der Waals surface area contributed by atoms with E-state index in [9.17, 15) is 9.59 Å². The molecule has 0 spiro atoms. The maximum atomic E-state index is 12.3. The Labute approximate surface area is 143 Å². The van der Waals surface area contributed by atoms with Crippen molar-refractivity contribution in [3.8, 4) is 5.75 Å². The number of carbonyl (C=O) groups excluding carboxylic acids is 1. The van der Waals surface area contributed by atoms with Crippen LogP contribution in [0.15, 0.2) is 41.8 Å². The summed E-state index contributed by atoms with van der Waals surface area (Å²) in [6.45, 7) is 4.08. The van der Waals surface area contributed by atoms with E-state index in [2.05, 4.69) is 6.58 Å². The standard InChI is InChI=1S/C16H15NO4S2/c1-2-8-21-12-5-3-4-11(9-12)10-13-15(20)17(16(22)23-13)7-6-14(18)19/h2-5,9-10H,1,6-8H2,(H,18,19)/b13-10+. The van der Waals surface area contributed by atoms with E-state index >= 15 is 0 Å². The average Bonchev–Trinajstić information content (AvgIpc) is 2.77. The zero-order chi connectivity index (χ0) is 16.8. The van der Waals surface area contributed by atoms with Gasteiger partial charge in [0, 0.05) is 6.54 Å². The van der Waals surface area contributed by atoms with E-state index < -0.39 is 5.97 Å². The molecule has 1 amide bonds. The predicted molar refractivity (Wildman–Crippen MR) is 94.3 cm³/mol. The molecule has 0 bridgehead atoms. The molecule has 2 rings (SSSR count). The molecular weight excluding hydrogens is 334 g/mol. The van der Waals surface area contributed by atoms with E-state index in [0.717, 1.165) is 5.56 Å². The number of rotatable bonds is 7. The monoisotopic (exact) mass is 349 g/mol. The maximum Gasteiger partial charge on any atom is 0.305 e. The molecular formula is C16H15NO4S2. The second-order valence-electron chi connectivity index (χ2n) is 4.65. The maximum absolute atomic E-state index is 12.3. The molecule has 1 fully saturated rings. The lowest BCUT2D eigenvalue weighted by atomic mass is 10.2. The zero-order valence-electron chi connectivity index (χ0n) is 12.2. The molecule has 1 heterocycles.